The lowest BCUT2D eigenvalue weighted by molar-refractivity contribution is -0.148. The number of unbranched alkanes of at least 4 members (excludes halogenated alkanes) is 2. The number of nitrogens with one attached hydrogen (secondary N) is 1. The molecule has 1 aliphatic rings. The maximum atomic E-state index is 12.0. The highest BCUT2D eigenvalue weighted by Crippen LogP contribution is 2.29. The van der Waals surface area contributed by atoms with Crippen LogP contribution >= 0.6 is 0 Å². The van der Waals surface area contributed by atoms with Crippen LogP contribution in [0, 0.1) is 0 Å². The van der Waals surface area contributed by atoms with Crippen molar-refractivity contribution in [3.05, 3.63) is 35.9 Å². The van der Waals surface area contributed by atoms with E-state index >= 15 is 0 Å². The zero-order valence-electron chi connectivity index (χ0n) is 12.7. The Hall–Kier alpha value is -1.39. The van der Waals surface area contributed by atoms with Gasteiger partial charge in [-0.3, -0.25) is 5.32 Å². The molecule has 0 amide bonds. The zero-order chi connectivity index (χ0) is 15.1. The van der Waals surface area contributed by atoms with Crippen molar-refractivity contribution in [2.75, 3.05) is 13.2 Å². The van der Waals surface area contributed by atoms with E-state index in [-0.39, 0.29) is 6.61 Å². The van der Waals surface area contributed by atoms with Gasteiger partial charge in [-0.05, 0) is 24.8 Å². The van der Waals surface area contributed by atoms with Crippen LogP contribution in [0.15, 0.2) is 30.3 Å². The zero-order valence-corrected chi connectivity index (χ0v) is 12.7. The molecule has 1 aliphatic carbocycles. The van der Waals surface area contributed by atoms with Gasteiger partial charge in [0.2, 0.25) is 0 Å². The Balaban J connectivity index is 2.09. The summed E-state index contributed by atoms with van der Waals surface area (Å²) in [7, 11) is 0. The minimum atomic E-state index is -1.13. The first kappa shape index (κ1) is 16.0. The molecule has 4 nitrogen and oxygen atoms in total. The van der Waals surface area contributed by atoms with Crippen molar-refractivity contribution in [1.29, 1.82) is 0 Å². The van der Waals surface area contributed by atoms with E-state index in [1.54, 1.807) is 0 Å². The van der Waals surface area contributed by atoms with E-state index in [1.165, 1.54) is 0 Å². The van der Waals surface area contributed by atoms with Crippen LogP contribution < -0.4 is 5.32 Å². The molecule has 0 saturated heterocycles. The summed E-state index contributed by atoms with van der Waals surface area (Å²) >= 11 is 0. The second kappa shape index (κ2) is 7.57. The monoisotopic (exact) mass is 291 g/mol. The molecule has 0 spiro atoms. The number of carboxylic acid groups (broad SMARTS) is 1. The first-order valence-corrected chi connectivity index (χ1v) is 7.83. The van der Waals surface area contributed by atoms with E-state index in [4.69, 9.17) is 4.74 Å². The summed E-state index contributed by atoms with van der Waals surface area (Å²) in [5.41, 5.74) is -0.367. The van der Waals surface area contributed by atoms with Crippen molar-refractivity contribution < 1.29 is 14.6 Å². The summed E-state index contributed by atoms with van der Waals surface area (Å²) in [6.45, 7) is 2.93. The summed E-state index contributed by atoms with van der Waals surface area (Å²) < 4.78 is 5.70. The molecule has 0 heterocycles. The van der Waals surface area contributed by atoms with Crippen LogP contribution in [-0.4, -0.2) is 30.3 Å². The fraction of sp³-hybridized carbons (Fsp3) is 0.588. The summed E-state index contributed by atoms with van der Waals surface area (Å²) in [5, 5.41) is 13.1. The molecule has 1 unspecified atom stereocenters. The second-order valence-corrected chi connectivity index (χ2v) is 5.75. The Morgan fingerprint density at radius 2 is 2.05 bits per heavy atom. The molecule has 0 aromatic heterocycles. The predicted octanol–water partition coefficient (Wildman–Crippen LogP) is 2.93. The molecule has 116 valence electrons. The molecule has 21 heavy (non-hydrogen) atoms. The fourth-order valence-electron chi connectivity index (χ4n) is 2.43. The van der Waals surface area contributed by atoms with Gasteiger partial charge in [-0.2, -0.15) is 0 Å². The number of hydrogen-bond donors (Lipinski definition) is 2. The van der Waals surface area contributed by atoms with Gasteiger partial charge in [0.1, 0.15) is 0 Å². The molecular formula is C17H25NO3. The SMILES string of the molecule is CCCCCOCC(NC1CC1)(C(=O)O)c1ccccc1. The van der Waals surface area contributed by atoms with Crippen LogP contribution in [0.1, 0.15) is 44.6 Å². The normalized spacial score (nSPS) is 17.4. The molecular weight excluding hydrogens is 266 g/mol. The van der Waals surface area contributed by atoms with Crippen molar-refractivity contribution in [3.8, 4) is 0 Å². The Bertz CT molecular complexity index is 445. The molecule has 0 bridgehead atoms. The maximum absolute atomic E-state index is 12.0. The van der Waals surface area contributed by atoms with Crippen LogP contribution in [0.4, 0.5) is 0 Å². The number of carboxylic acids is 1. The van der Waals surface area contributed by atoms with Gasteiger partial charge in [0.15, 0.2) is 5.54 Å². The predicted molar refractivity (Wildman–Crippen MR) is 82.3 cm³/mol. The lowest BCUT2D eigenvalue weighted by Gasteiger charge is -2.31. The molecule has 1 atom stereocenters. The average molecular weight is 291 g/mol. The standard InChI is InChI=1S/C17H25NO3/c1-2-3-7-12-21-13-17(16(19)20,18-15-10-11-15)14-8-5-4-6-9-14/h4-6,8-9,15,18H,2-3,7,10-13H2,1H3,(H,19,20). The smallest absolute Gasteiger partial charge is 0.331 e. The lowest BCUT2D eigenvalue weighted by Crippen LogP contribution is -2.53. The van der Waals surface area contributed by atoms with E-state index in [2.05, 4.69) is 12.2 Å². The summed E-state index contributed by atoms with van der Waals surface area (Å²) in [6.07, 6.45) is 5.30. The van der Waals surface area contributed by atoms with Gasteiger partial charge < -0.3 is 9.84 Å². The highest BCUT2D eigenvalue weighted by atomic mass is 16.5. The quantitative estimate of drug-likeness (QED) is 0.651. The van der Waals surface area contributed by atoms with Crippen molar-refractivity contribution in [2.45, 2.75) is 50.6 Å². The van der Waals surface area contributed by atoms with Crippen LogP contribution in [-0.2, 0) is 15.1 Å². The minimum absolute atomic E-state index is 0.173. The Labute approximate surface area is 126 Å². The fourth-order valence-corrected chi connectivity index (χ4v) is 2.43. The number of rotatable bonds is 10. The molecule has 1 aromatic rings. The molecule has 2 N–H and O–H groups in total. The third-order valence-electron chi connectivity index (χ3n) is 3.87. The average Bonchev–Trinajstić information content (AvgIpc) is 3.30. The van der Waals surface area contributed by atoms with Gasteiger partial charge in [0, 0.05) is 12.6 Å². The Morgan fingerprint density at radius 3 is 2.62 bits per heavy atom. The van der Waals surface area contributed by atoms with Crippen LogP contribution in [0.3, 0.4) is 0 Å². The van der Waals surface area contributed by atoms with E-state index in [0.717, 1.165) is 37.7 Å². The second-order valence-electron chi connectivity index (χ2n) is 5.75. The summed E-state index contributed by atoms with van der Waals surface area (Å²) in [5.74, 6) is -0.865. The summed E-state index contributed by atoms with van der Waals surface area (Å²) in [6, 6.07) is 9.66. The van der Waals surface area contributed by atoms with Gasteiger partial charge in [-0.1, -0.05) is 50.1 Å². The van der Waals surface area contributed by atoms with Gasteiger partial charge >= 0.3 is 5.97 Å². The number of benzene rings is 1. The number of ether oxygens (including phenoxy) is 1. The number of aliphatic carboxylic acids is 1. The van der Waals surface area contributed by atoms with E-state index in [1.807, 2.05) is 30.3 Å². The minimum Gasteiger partial charge on any atom is -0.480 e. The van der Waals surface area contributed by atoms with Crippen molar-refractivity contribution in [3.63, 3.8) is 0 Å². The first-order chi connectivity index (χ1) is 10.2. The molecule has 1 aromatic carbocycles. The van der Waals surface area contributed by atoms with Crippen LogP contribution in [0.25, 0.3) is 0 Å². The van der Waals surface area contributed by atoms with Gasteiger partial charge in [0.25, 0.3) is 0 Å². The van der Waals surface area contributed by atoms with Crippen LogP contribution in [0.5, 0.6) is 0 Å². The van der Waals surface area contributed by atoms with Crippen molar-refractivity contribution in [2.24, 2.45) is 0 Å². The number of carbonyl (C=O) groups is 1. The maximum Gasteiger partial charge on any atom is 0.331 e. The summed E-state index contributed by atoms with van der Waals surface area (Å²) in [4.78, 5) is 12.0. The first-order valence-electron chi connectivity index (χ1n) is 7.83. The van der Waals surface area contributed by atoms with Crippen molar-refractivity contribution >= 4 is 5.97 Å². The van der Waals surface area contributed by atoms with Gasteiger partial charge in [0.05, 0.1) is 6.61 Å². The third-order valence-corrected chi connectivity index (χ3v) is 3.87. The van der Waals surface area contributed by atoms with E-state index < -0.39 is 11.5 Å². The molecule has 1 saturated carbocycles. The highest BCUT2D eigenvalue weighted by molar-refractivity contribution is 5.81. The molecule has 0 radical (unpaired) electrons. The molecule has 4 heteroatoms. The third kappa shape index (κ3) is 4.29. The largest absolute Gasteiger partial charge is 0.480 e. The highest BCUT2D eigenvalue weighted by Gasteiger charge is 2.44. The van der Waals surface area contributed by atoms with E-state index in [9.17, 15) is 9.90 Å². The van der Waals surface area contributed by atoms with Crippen molar-refractivity contribution in [1.82, 2.24) is 5.32 Å². The van der Waals surface area contributed by atoms with E-state index in [0.29, 0.717) is 12.6 Å². The van der Waals surface area contributed by atoms with Gasteiger partial charge in [-0.25, -0.2) is 4.79 Å². The Kier molecular flexibility index (Phi) is 5.76. The van der Waals surface area contributed by atoms with Crippen LogP contribution in [0.2, 0.25) is 0 Å². The molecule has 0 aliphatic heterocycles. The topological polar surface area (TPSA) is 58.6 Å². The molecule has 2 rings (SSSR count). The Morgan fingerprint density at radius 1 is 1.33 bits per heavy atom. The van der Waals surface area contributed by atoms with Gasteiger partial charge in [-0.15, -0.1) is 0 Å². The number of hydrogen-bond acceptors (Lipinski definition) is 3. The molecule has 1 fully saturated rings. The lowest BCUT2D eigenvalue weighted by atomic mass is 9.90.